The molecule has 0 bridgehead atoms. The zero-order valence-electron chi connectivity index (χ0n) is 17.0. The number of nitrogens with one attached hydrogen (secondary N) is 1. The van der Waals surface area contributed by atoms with Gasteiger partial charge in [-0.1, -0.05) is 13.8 Å². The molecular formula is C19H34IN5O2. The molecule has 2 aliphatic heterocycles. The van der Waals surface area contributed by atoms with Crippen LogP contribution < -0.4 is 5.32 Å². The first-order chi connectivity index (χ1) is 12.7. The molecule has 1 aromatic heterocycles. The molecule has 27 heavy (non-hydrogen) atoms. The number of ether oxygens (including phenoxy) is 2. The Morgan fingerprint density at radius 2 is 2.00 bits per heavy atom. The number of aryl methyl sites for hydroxylation is 2. The van der Waals surface area contributed by atoms with Gasteiger partial charge in [0.05, 0.1) is 18.4 Å². The zero-order valence-corrected chi connectivity index (χ0v) is 19.4. The summed E-state index contributed by atoms with van der Waals surface area (Å²) >= 11 is 0. The van der Waals surface area contributed by atoms with Gasteiger partial charge in [-0.2, -0.15) is 5.10 Å². The van der Waals surface area contributed by atoms with Crippen molar-refractivity contribution in [2.45, 2.75) is 58.3 Å². The largest absolute Gasteiger partial charge is 0.375 e. The van der Waals surface area contributed by atoms with Crippen molar-refractivity contribution in [1.29, 1.82) is 0 Å². The van der Waals surface area contributed by atoms with Crippen molar-refractivity contribution in [3.05, 3.63) is 17.0 Å². The topological polar surface area (TPSA) is 63.9 Å². The van der Waals surface area contributed by atoms with Crippen molar-refractivity contribution < 1.29 is 9.47 Å². The number of aromatic nitrogens is 2. The molecule has 0 aromatic carbocycles. The summed E-state index contributed by atoms with van der Waals surface area (Å²) in [6.07, 6.45) is 4.53. The highest BCUT2D eigenvalue weighted by atomic mass is 127. The Morgan fingerprint density at radius 3 is 2.63 bits per heavy atom. The number of nitrogens with zero attached hydrogens (tertiary/aromatic N) is 4. The van der Waals surface area contributed by atoms with E-state index in [1.807, 2.05) is 18.8 Å². The van der Waals surface area contributed by atoms with Crippen LogP contribution in [0.2, 0.25) is 0 Å². The lowest BCUT2D eigenvalue weighted by molar-refractivity contribution is -0.0817. The summed E-state index contributed by atoms with van der Waals surface area (Å²) < 4.78 is 13.8. The summed E-state index contributed by atoms with van der Waals surface area (Å²) in [5, 5.41) is 8.22. The van der Waals surface area contributed by atoms with E-state index in [1.165, 1.54) is 17.0 Å². The molecule has 1 aromatic rings. The zero-order chi connectivity index (χ0) is 18.5. The smallest absolute Gasteiger partial charge is 0.194 e. The predicted molar refractivity (Wildman–Crippen MR) is 118 cm³/mol. The maximum absolute atomic E-state index is 5.96. The van der Waals surface area contributed by atoms with Crippen LogP contribution in [-0.4, -0.2) is 66.2 Å². The summed E-state index contributed by atoms with van der Waals surface area (Å²) in [5.41, 5.74) is 3.78. The van der Waals surface area contributed by atoms with Crippen LogP contribution in [-0.2, 0) is 35.9 Å². The lowest BCUT2D eigenvalue weighted by atomic mass is 10.1. The normalized spacial score (nSPS) is 23.4. The lowest BCUT2D eigenvalue weighted by Crippen LogP contribution is -2.53. The van der Waals surface area contributed by atoms with Crippen LogP contribution in [0.4, 0.5) is 0 Å². The van der Waals surface area contributed by atoms with Crippen molar-refractivity contribution in [3.63, 3.8) is 0 Å². The molecule has 2 aliphatic rings. The molecule has 0 amide bonds. The molecule has 3 rings (SSSR count). The number of aliphatic imine (C=N–C) groups is 1. The Labute approximate surface area is 179 Å². The highest BCUT2D eigenvalue weighted by Gasteiger charge is 2.32. The summed E-state index contributed by atoms with van der Waals surface area (Å²) in [7, 11) is 3.88. The molecular weight excluding hydrogens is 457 g/mol. The standard InChI is InChI=1S/C19H33N5O2.HI/c1-5-15-14(16(6-2)23(4)22-15)12-21-19(20-3)24-9-11-26-18(13-24)17-8-7-10-25-17;/h17-18H,5-13H2,1-4H3,(H,20,21);1H. The third-order valence-electron chi connectivity index (χ3n) is 5.44. The van der Waals surface area contributed by atoms with Crippen LogP contribution in [0.3, 0.4) is 0 Å². The van der Waals surface area contributed by atoms with E-state index in [-0.39, 0.29) is 36.2 Å². The fourth-order valence-corrected chi connectivity index (χ4v) is 4.08. The Bertz CT molecular complexity index is 628. The minimum absolute atomic E-state index is 0. The highest BCUT2D eigenvalue weighted by Crippen LogP contribution is 2.21. The number of hydrogen-bond donors (Lipinski definition) is 1. The van der Waals surface area contributed by atoms with Crippen molar-refractivity contribution >= 4 is 29.9 Å². The summed E-state index contributed by atoms with van der Waals surface area (Å²) in [4.78, 5) is 6.81. The van der Waals surface area contributed by atoms with Crippen LogP contribution in [0.15, 0.2) is 4.99 Å². The molecule has 0 saturated carbocycles. The van der Waals surface area contributed by atoms with Crippen LogP contribution in [0, 0.1) is 0 Å². The van der Waals surface area contributed by atoms with Gasteiger partial charge < -0.3 is 19.7 Å². The van der Waals surface area contributed by atoms with Crippen LogP contribution in [0.1, 0.15) is 43.6 Å². The van der Waals surface area contributed by atoms with E-state index in [0.29, 0.717) is 0 Å². The SMILES string of the molecule is CCc1nn(C)c(CC)c1CNC(=NC)N1CCOC(C2CCCO2)C1.I. The highest BCUT2D eigenvalue weighted by molar-refractivity contribution is 14.0. The Kier molecular flexibility index (Phi) is 8.81. The Balaban J connectivity index is 0.00000261. The maximum Gasteiger partial charge on any atom is 0.194 e. The minimum Gasteiger partial charge on any atom is -0.375 e. The third kappa shape index (κ3) is 5.14. The number of morpholine rings is 1. The first-order valence-corrected chi connectivity index (χ1v) is 9.90. The fourth-order valence-electron chi connectivity index (χ4n) is 4.08. The van der Waals surface area contributed by atoms with Gasteiger partial charge in [-0.05, 0) is 25.7 Å². The van der Waals surface area contributed by atoms with Gasteiger partial charge in [-0.15, -0.1) is 24.0 Å². The first kappa shape index (κ1) is 22.4. The fraction of sp³-hybridized carbons (Fsp3) is 0.789. The molecule has 154 valence electrons. The van der Waals surface area contributed by atoms with Gasteiger partial charge in [0.1, 0.15) is 6.10 Å². The average Bonchev–Trinajstić information content (AvgIpc) is 3.30. The quantitative estimate of drug-likeness (QED) is 0.389. The number of hydrogen-bond acceptors (Lipinski definition) is 4. The number of halogens is 1. The average molecular weight is 491 g/mol. The summed E-state index contributed by atoms with van der Waals surface area (Å²) in [6, 6.07) is 0. The Morgan fingerprint density at radius 1 is 1.22 bits per heavy atom. The van der Waals surface area contributed by atoms with E-state index in [0.717, 1.165) is 64.5 Å². The van der Waals surface area contributed by atoms with E-state index >= 15 is 0 Å². The van der Waals surface area contributed by atoms with E-state index in [1.54, 1.807) is 0 Å². The Hall–Kier alpha value is -0.870. The molecule has 3 heterocycles. The molecule has 0 aliphatic carbocycles. The maximum atomic E-state index is 5.96. The molecule has 2 fully saturated rings. The van der Waals surface area contributed by atoms with Gasteiger partial charge in [-0.3, -0.25) is 9.67 Å². The van der Waals surface area contributed by atoms with Gasteiger partial charge in [0.15, 0.2) is 5.96 Å². The third-order valence-corrected chi connectivity index (χ3v) is 5.44. The molecule has 2 unspecified atom stereocenters. The molecule has 1 N–H and O–H groups in total. The van der Waals surface area contributed by atoms with Crippen LogP contribution in [0.5, 0.6) is 0 Å². The number of rotatable bonds is 5. The monoisotopic (exact) mass is 491 g/mol. The molecule has 2 atom stereocenters. The summed E-state index contributed by atoms with van der Waals surface area (Å²) in [5.74, 6) is 0.934. The van der Waals surface area contributed by atoms with Gasteiger partial charge >= 0.3 is 0 Å². The van der Waals surface area contributed by atoms with Crippen LogP contribution in [0.25, 0.3) is 0 Å². The second-order valence-corrected chi connectivity index (χ2v) is 7.01. The molecule has 7 nitrogen and oxygen atoms in total. The van der Waals surface area contributed by atoms with Crippen molar-refractivity contribution in [2.24, 2.45) is 12.0 Å². The van der Waals surface area contributed by atoms with Crippen molar-refractivity contribution in [1.82, 2.24) is 20.0 Å². The van der Waals surface area contributed by atoms with E-state index in [2.05, 4.69) is 34.2 Å². The summed E-state index contributed by atoms with van der Waals surface area (Å²) in [6.45, 7) is 8.37. The molecule has 8 heteroatoms. The number of guanidine groups is 1. The molecule has 0 spiro atoms. The van der Waals surface area contributed by atoms with E-state index < -0.39 is 0 Å². The van der Waals surface area contributed by atoms with Gasteiger partial charge in [0, 0.05) is 51.6 Å². The van der Waals surface area contributed by atoms with Gasteiger partial charge in [-0.25, -0.2) is 0 Å². The second-order valence-electron chi connectivity index (χ2n) is 7.01. The second kappa shape index (κ2) is 10.6. The molecule has 0 radical (unpaired) electrons. The van der Waals surface area contributed by atoms with E-state index in [4.69, 9.17) is 9.47 Å². The van der Waals surface area contributed by atoms with Crippen molar-refractivity contribution in [2.75, 3.05) is 33.4 Å². The van der Waals surface area contributed by atoms with Gasteiger partial charge in [0.2, 0.25) is 0 Å². The molecule has 2 saturated heterocycles. The van der Waals surface area contributed by atoms with Gasteiger partial charge in [0.25, 0.3) is 0 Å². The van der Waals surface area contributed by atoms with E-state index in [9.17, 15) is 0 Å². The first-order valence-electron chi connectivity index (χ1n) is 9.90. The minimum atomic E-state index is 0. The van der Waals surface area contributed by atoms with Crippen LogP contribution >= 0.6 is 24.0 Å². The lowest BCUT2D eigenvalue weighted by Gasteiger charge is -2.37. The predicted octanol–water partition coefficient (Wildman–Crippen LogP) is 2.12. The van der Waals surface area contributed by atoms with Crippen molar-refractivity contribution in [3.8, 4) is 0 Å².